The van der Waals surface area contributed by atoms with Gasteiger partial charge in [-0.05, 0) is 48.8 Å². The lowest BCUT2D eigenvalue weighted by Gasteiger charge is -2.34. The number of amides is 1. The molecule has 1 amide bonds. The molecule has 0 radical (unpaired) electrons. The Bertz CT molecular complexity index is 458. The first kappa shape index (κ1) is 15.8. The highest BCUT2D eigenvalue weighted by molar-refractivity contribution is 5.75. The van der Waals surface area contributed by atoms with Crippen molar-refractivity contribution in [2.45, 2.75) is 52.1 Å². The molecule has 0 unspecified atom stereocenters. The smallest absolute Gasteiger partial charge is 0.255 e. The minimum atomic E-state index is -0.457. The minimum absolute atomic E-state index is 0.0740. The lowest BCUT2D eigenvalue weighted by atomic mass is 9.75. The Morgan fingerprint density at radius 3 is 2.48 bits per heavy atom. The maximum absolute atomic E-state index is 10.7. The maximum Gasteiger partial charge on any atom is 0.255 e. The van der Waals surface area contributed by atoms with E-state index in [1.54, 1.807) is 0 Å². The van der Waals surface area contributed by atoms with Gasteiger partial charge in [-0.25, -0.2) is 0 Å². The van der Waals surface area contributed by atoms with Crippen LogP contribution in [-0.2, 0) is 11.3 Å². The predicted octanol–water partition coefficient (Wildman–Crippen LogP) is 2.61. The van der Waals surface area contributed by atoms with Gasteiger partial charge in [0.1, 0.15) is 5.75 Å². The molecule has 2 rings (SSSR count). The fourth-order valence-corrected chi connectivity index (χ4v) is 2.72. The summed E-state index contributed by atoms with van der Waals surface area (Å²) < 4.78 is 5.24. The van der Waals surface area contributed by atoms with Gasteiger partial charge in [0, 0.05) is 12.6 Å². The highest BCUT2D eigenvalue weighted by atomic mass is 16.5. The van der Waals surface area contributed by atoms with Crippen molar-refractivity contribution >= 4 is 5.91 Å². The van der Waals surface area contributed by atoms with E-state index < -0.39 is 5.91 Å². The van der Waals surface area contributed by atoms with Gasteiger partial charge in [0.25, 0.3) is 5.91 Å². The first-order valence-electron chi connectivity index (χ1n) is 7.68. The average Bonchev–Trinajstić information content (AvgIpc) is 2.45. The van der Waals surface area contributed by atoms with E-state index in [2.05, 4.69) is 19.2 Å². The number of carbonyl (C=O) groups excluding carboxylic acids is 1. The van der Waals surface area contributed by atoms with Crippen LogP contribution < -0.4 is 15.8 Å². The Hall–Kier alpha value is -1.55. The largest absolute Gasteiger partial charge is 0.484 e. The third-order valence-corrected chi connectivity index (χ3v) is 4.24. The van der Waals surface area contributed by atoms with E-state index in [9.17, 15) is 4.79 Å². The van der Waals surface area contributed by atoms with E-state index in [1.165, 1.54) is 31.2 Å². The van der Waals surface area contributed by atoms with E-state index in [4.69, 9.17) is 10.5 Å². The molecular formula is C17H26N2O2. The first-order chi connectivity index (χ1) is 9.94. The van der Waals surface area contributed by atoms with Crippen molar-refractivity contribution in [1.82, 2.24) is 5.32 Å². The van der Waals surface area contributed by atoms with Gasteiger partial charge in [0.15, 0.2) is 6.61 Å². The number of nitrogens with one attached hydrogen (secondary N) is 1. The van der Waals surface area contributed by atoms with Crippen LogP contribution in [0.2, 0.25) is 0 Å². The number of benzene rings is 1. The monoisotopic (exact) mass is 290 g/mol. The molecule has 1 aliphatic rings. The second-order valence-electron chi connectivity index (χ2n) is 6.72. The second kappa shape index (κ2) is 6.94. The van der Waals surface area contributed by atoms with Crippen LogP contribution >= 0.6 is 0 Å². The van der Waals surface area contributed by atoms with Gasteiger partial charge in [-0.1, -0.05) is 26.0 Å². The molecule has 4 heteroatoms. The molecular weight excluding hydrogens is 264 g/mol. The average molecular weight is 290 g/mol. The van der Waals surface area contributed by atoms with Crippen LogP contribution in [0, 0.1) is 5.41 Å². The van der Waals surface area contributed by atoms with Gasteiger partial charge < -0.3 is 15.8 Å². The van der Waals surface area contributed by atoms with Crippen molar-refractivity contribution < 1.29 is 9.53 Å². The Balaban J connectivity index is 1.75. The van der Waals surface area contributed by atoms with Crippen molar-refractivity contribution in [2.75, 3.05) is 6.61 Å². The van der Waals surface area contributed by atoms with Gasteiger partial charge >= 0.3 is 0 Å². The maximum atomic E-state index is 10.7. The molecule has 4 nitrogen and oxygen atoms in total. The molecule has 1 aromatic rings. The number of rotatable bonds is 6. The van der Waals surface area contributed by atoms with Gasteiger partial charge in [0.2, 0.25) is 0 Å². The number of hydrogen-bond acceptors (Lipinski definition) is 3. The number of carbonyl (C=O) groups is 1. The minimum Gasteiger partial charge on any atom is -0.484 e. The summed E-state index contributed by atoms with van der Waals surface area (Å²) in [5, 5.41) is 3.63. The number of primary amides is 1. The van der Waals surface area contributed by atoms with E-state index >= 15 is 0 Å². The molecule has 0 heterocycles. The van der Waals surface area contributed by atoms with Crippen molar-refractivity contribution in [1.29, 1.82) is 0 Å². The zero-order chi connectivity index (χ0) is 15.3. The molecule has 0 atom stereocenters. The fraction of sp³-hybridized carbons (Fsp3) is 0.588. The molecule has 1 aliphatic carbocycles. The van der Waals surface area contributed by atoms with Crippen LogP contribution in [0.5, 0.6) is 5.75 Å². The summed E-state index contributed by atoms with van der Waals surface area (Å²) in [5.74, 6) is 0.220. The molecule has 0 saturated heterocycles. The van der Waals surface area contributed by atoms with Crippen molar-refractivity contribution in [3.05, 3.63) is 29.8 Å². The Kier molecular flexibility index (Phi) is 5.23. The normalized spacial score (nSPS) is 18.4. The Morgan fingerprint density at radius 1 is 1.29 bits per heavy atom. The summed E-state index contributed by atoms with van der Waals surface area (Å²) in [6.07, 6.45) is 5.11. The van der Waals surface area contributed by atoms with Gasteiger partial charge in [-0.3, -0.25) is 4.79 Å². The third kappa shape index (κ3) is 5.38. The summed E-state index contributed by atoms with van der Waals surface area (Å²) in [4.78, 5) is 10.7. The van der Waals surface area contributed by atoms with Crippen molar-refractivity contribution in [3.63, 3.8) is 0 Å². The summed E-state index contributed by atoms with van der Waals surface area (Å²) in [5.41, 5.74) is 6.79. The highest BCUT2D eigenvalue weighted by Crippen LogP contribution is 2.35. The van der Waals surface area contributed by atoms with E-state index in [-0.39, 0.29) is 6.61 Å². The zero-order valence-corrected chi connectivity index (χ0v) is 13.0. The summed E-state index contributed by atoms with van der Waals surface area (Å²) >= 11 is 0. The van der Waals surface area contributed by atoms with E-state index in [1.807, 2.05) is 24.3 Å². The summed E-state index contributed by atoms with van der Waals surface area (Å²) in [6, 6.07) is 8.43. The summed E-state index contributed by atoms with van der Waals surface area (Å²) in [7, 11) is 0. The molecule has 3 N–H and O–H groups in total. The highest BCUT2D eigenvalue weighted by Gasteiger charge is 2.26. The van der Waals surface area contributed by atoms with Crippen LogP contribution in [0.3, 0.4) is 0 Å². The molecule has 0 aromatic heterocycles. The predicted molar refractivity (Wildman–Crippen MR) is 84.0 cm³/mol. The molecule has 0 aliphatic heterocycles. The SMILES string of the molecule is CC1(C)CCC(NCc2ccc(OCC(N)=O)cc2)CC1. The Morgan fingerprint density at radius 2 is 1.90 bits per heavy atom. The standard InChI is InChI=1S/C17H26N2O2/c1-17(2)9-7-14(8-10-17)19-11-13-3-5-15(6-4-13)21-12-16(18)20/h3-6,14,19H,7-12H2,1-2H3,(H2,18,20). The van der Waals surface area contributed by atoms with E-state index in [0.717, 1.165) is 6.54 Å². The molecule has 0 bridgehead atoms. The lowest BCUT2D eigenvalue weighted by Crippen LogP contribution is -2.35. The fourth-order valence-electron chi connectivity index (χ4n) is 2.72. The van der Waals surface area contributed by atoms with Crippen molar-refractivity contribution in [3.8, 4) is 5.75 Å². The van der Waals surface area contributed by atoms with Crippen LogP contribution in [-0.4, -0.2) is 18.6 Å². The van der Waals surface area contributed by atoms with Crippen LogP contribution in [0.25, 0.3) is 0 Å². The molecule has 1 saturated carbocycles. The van der Waals surface area contributed by atoms with Crippen LogP contribution in [0.4, 0.5) is 0 Å². The molecule has 1 fully saturated rings. The quantitative estimate of drug-likeness (QED) is 0.846. The topological polar surface area (TPSA) is 64.3 Å². The Labute approximate surface area is 127 Å². The van der Waals surface area contributed by atoms with E-state index in [0.29, 0.717) is 17.2 Å². The number of hydrogen-bond donors (Lipinski definition) is 2. The number of ether oxygens (including phenoxy) is 1. The number of nitrogens with two attached hydrogens (primary N) is 1. The third-order valence-electron chi connectivity index (χ3n) is 4.24. The lowest BCUT2D eigenvalue weighted by molar-refractivity contribution is -0.119. The van der Waals surface area contributed by atoms with Gasteiger partial charge in [-0.2, -0.15) is 0 Å². The molecule has 116 valence electrons. The van der Waals surface area contributed by atoms with Crippen LogP contribution in [0.1, 0.15) is 45.1 Å². The zero-order valence-electron chi connectivity index (χ0n) is 13.0. The molecule has 21 heavy (non-hydrogen) atoms. The summed E-state index contributed by atoms with van der Waals surface area (Å²) in [6.45, 7) is 5.51. The molecule has 1 aromatic carbocycles. The molecule has 0 spiro atoms. The first-order valence-corrected chi connectivity index (χ1v) is 7.68. The van der Waals surface area contributed by atoms with Gasteiger partial charge in [-0.15, -0.1) is 0 Å². The van der Waals surface area contributed by atoms with Crippen molar-refractivity contribution in [2.24, 2.45) is 11.1 Å². The van der Waals surface area contributed by atoms with Crippen LogP contribution in [0.15, 0.2) is 24.3 Å². The second-order valence-corrected chi connectivity index (χ2v) is 6.72. The van der Waals surface area contributed by atoms with Gasteiger partial charge in [0.05, 0.1) is 0 Å².